The lowest BCUT2D eigenvalue weighted by atomic mass is 9.95. The minimum Gasteiger partial charge on any atom is -0.369 e. The van der Waals surface area contributed by atoms with Crippen LogP contribution in [-0.2, 0) is 0 Å². The van der Waals surface area contributed by atoms with E-state index in [1.54, 1.807) is 0 Å². The summed E-state index contributed by atoms with van der Waals surface area (Å²) < 4.78 is 1.46. The summed E-state index contributed by atoms with van der Waals surface area (Å²) >= 11 is 1.96. The van der Waals surface area contributed by atoms with Crippen LogP contribution in [0.3, 0.4) is 0 Å². The fourth-order valence-electron chi connectivity index (χ4n) is 4.84. The molecule has 4 heterocycles. The molecule has 3 atom stereocenters. The molecule has 0 aliphatic carbocycles. The van der Waals surface area contributed by atoms with Gasteiger partial charge in [-0.2, -0.15) is 0 Å². The largest absolute Gasteiger partial charge is 0.369 e. The van der Waals surface area contributed by atoms with E-state index in [-0.39, 0.29) is 0 Å². The zero-order chi connectivity index (χ0) is 16.8. The highest BCUT2D eigenvalue weighted by atomic mass is 32.1. The second-order valence-electron chi connectivity index (χ2n) is 8.33. The summed E-state index contributed by atoms with van der Waals surface area (Å²) in [5.41, 5.74) is 0. The second kappa shape index (κ2) is 6.38. The average Bonchev–Trinajstić information content (AvgIpc) is 3.08. The third-order valence-electron chi connectivity index (χ3n) is 5.85. The Labute approximate surface area is 150 Å². The Bertz CT molecular complexity index is 685. The van der Waals surface area contributed by atoms with Gasteiger partial charge in [0.2, 0.25) is 0 Å². The molecule has 0 aromatic carbocycles. The zero-order valence-corrected chi connectivity index (χ0v) is 16.4. The van der Waals surface area contributed by atoms with Crippen molar-refractivity contribution in [2.24, 2.45) is 5.92 Å². The van der Waals surface area contributed by atoms with Crippen molar-refractivity contribution in [3.8, 4) is 0 Å². The minimum absolute atomic E-state index is 0.544. The van der Waals surface area contributed by atoms with E-state index in [1.807, 2.05) is 11.3 Å². The highest BCUT2D eigenvalue weighted by molar-refractivity contribution is 7.14. The van der Waals surface area contributed by atoms with Crippen LogP contribution in [0.25, 0.3) is 12.3 Å². The van der Waals surface area contributed by atoms with Crippen molar-refractivity contribution in [3.63, 3.8) is 0 Å². The first-order valence-electron chi connectivity index (χ1n) is 9.59. The van der Waals surface area contributed by atoms with Gasteiger partial charge in [-0.1, -0.05) is 0 Å². The third-order valence-corrected chi connectivity index (χ3v) is 7.01. The van der Waals surface area contributed by atoms with Gasteiger partial charge in [-0.3, -0.25) is 0 Å². The molecule has 1 unspecified atom stereocenters. The van der Waals surface area contributed by atoms with Gasteiger partial charge in [0.1, 0.15) is 0 Å². The van der Waals surface area contributed by atoms with Gasteiger partial charge in [-0.15, -0.1) is 11.3 Å². The first-order chi connectivity index (χ1) is 11.5. The molecule has 0 amide bonds. The van der Waals surface area contributed by atoms with E-state index in [1.165, 1.54) is 47.2 Å². The van der Waals surface area contributed by atoms with Crippen molar-refractivity contribution < 1.29 is 0 Å². The Morgan fingerprint density at radius 2 is 1.96 bits per heavy atom. The van der Waals surface area contributed by atoms with Gasteiger partial charge in [0, 0.05) is 53.7 Å². The summed E-state index contributed by atoms with van der Waals surface area (Å²) in [5.74, 6) is 0.939. The van der Waals surface area contributed by atoms with Gasteiger partial charge in [-0.25, -0.2) is 0 Å². The normalized spacial score (nSPS) is 28.8. The SMILES string of the molecule is CC(C)N(c1cc2c(s1)=CCN([C@@H]1C[C@H]3CCN(C3)C1)C=2)C(C)C. The summed E-state index contributed by atoms with van der Waals surface area (Å²) in [5, 5.41) is 2.85. The van der Waals surface area contributed by atoms with E-state index in [4.69, 9.17) is 0 Å². The Hall–Kier alpha value is -1.00. The predicted octanol–water partition coefficient (Wildman–Crippen LogP) is 2.30. The van der Waals surface area contributed by atoms with E-state index in [0.717, 1.165) is 12.5 Å². The summed E-state index contributed by atoms with van der Waals surface area (Å²) in [6.07, 6.45) is 7.70. The van der Waals surface area contributed by atoms with Gasteiger partial charge in [0.25, 0.3) is 0 Å². The smallest absolute Gasteiger partial charge is 0.0926 e. The van der Waals surface area contributed by atoms with Crippen molar-refractivity contribution in [1.82, 2.24) is 9.80 Å². The van der Waals surface area contributed by atoms with Crippen molar-refractivity contribution in [2.45, 2.75) is 58.7 Å². The Morgan fingerprint density at radius 1 is 1.17 bits per heavy atom. The van der Waals surface area contributed by atoms with Crippen LogP contribution < -0.4 is 14.7 Å². The maximum absolute atomic E-state index is 2.67. The molecule has 4 rings (SSSR count). The topological polar surface area (TPSA) is 9.72 Å². The average molecular weight is 346 g/mol. The monoisotopic (exact) mass is 345 g/mol. The number of rotatable bonds is 4. The molecule has 24 heavy (non-hydrogen) atoms. The molecule has 3 aliphatic heterocycles. The molecular formula is C20H31N3S. The second-order valence-corrected chi connectivity index (χ2v) is 9.40. The zero-order valence-electron chi connectivity index (χ0n) is 15.5. The number of fused-ring (bicyclic) bond motifs is 3. The molecule has 0 saturated carbocycles. The quantitative estimate of drug-likeness (QED) is 0.829. The maximum Gasteiger partial charge on any atom is 0.0926 e. The molecule has 0 N–H and O–H groups in total. The summed E-state index contributed by atoms with van der Waals surface area (Å²) in [4.78, 5) is 7.82. The lowest BCUT2D eigenvalue weighted by Crippen LogP contribution is -2.47. The number of thiophene rings is 1. The first kappa shape index (κ1) is 16.5. The Morgan fingerprint density at radius 3 is 2.67 bits per heavy atom. The molecule has 2 fully saturated rings. The third kappa shape index (κ3) is 2.99. The van der Waals surface area contributed by atoms with Gasteiger partial charge in [-0.05, 0) is 65.1 Å². The van der Waals surface area contributed by atoms with Crippen molar-refractivity contribution in [2.75, 3.05) is 31.1 Å². The molecule has 4 heteroatoms. The molecular weight excluding hydrogens is 314 g/mol. The van der Waals surface area contributed by atoms with Crippen LogP contribution in [0.15, 0.2) is 6.07 Å². The van der Waals surface area contributed by atoms with Crippen LogP contribution in [0.1, 0.15) is 40.5 Å². The van der Waals surface area contributed by atoms with Crippen LogP contribution in [0.2, 0.25) is 0 Å². The van der Waals surface area contributed by atoms with E-state index in [0.29, 0.717) is 18.1 Å². The molecule has 132 valence electrons. The first-order valence-corrected chi connectivity index (χ1v) is 10.4. The van der Waals surface area contributed by atoms with Gasteiger partial charge in [0.15, 0.2) is 0 Å². The van der Waals surface area contributed by atoms with Gasteiger partial charge >= 0.3 is 0 Å². The Kier molecular flexibility index (Phi) is 4.38. The molecule has 1 aromatic heterocycles. The fraction of sp³-hybridized carbons (Fsp3) is 0.700. The van der Waals surface area contributed by atoms with Crippen LogP contribution in [0, 0.1) is 5.92 Å². The highest BCUT2D eigenvalue weighted by Gasteiger charge is 2.34. The molecule has 0 radical (unpaired) electrons. The molecule has 2 saturated heterocycles. The summed E-state index contributed by atoms with van der Waals surface area (Å²) in [6.45, 7) is 14.2. The predicted molar refractivity (Wildman–Crippen MR) is 105 cm³/mol. The molecule has 3 nitrogen and oxygen atoms in total. The van der Waals surface area contributed by atoms with Crippen LogP contribution in [-0.4, -0.2) is 54.1 Å². The standard InChI is InChI=1S/C20H31N3S/c1-14(2)23(15(3)4)20-10-17-12-22(8-6-19(17)24-20)18-9-16-5-7-21(11-16)13-18/h6,10,12,14-16,18H,5,7-9,11,13H2,1-4H3/t16-,18-/m1/s1. The molecule has 1 aromatic rings. The maximum atomic E-state index is 2.67. The van der Waals surface area contributed by atoms with Crippen molar-refractivity contribution in [3.05, 3.63) is 15.8 Å². The van der Waals surface area contributed by atoms with Crippen LogP contribution in [0.5, 0.6) is 0 Å². The number of piperidine rings is 1. The van der Waals surface area contributed by atoms with Gasteiger partial charge in [0.05, 0.1) is 5.00 Å². The van der Waals surface area contributed by atoms with Gasteiger partial charge < -0.3 is 14.7 Å². The number of hydrogen-bond acceptors (Lipinski definition) is 4. The molecule has 2 bridgehead atoms. The van der Waals surface area contributed by atoms with E-state index >= 15 is 0 Å². The highest BCUT2D eigenvalue weighted by Crippen LogP contribution is 2.30. The Balaban J connectivity index is 1.59. The number of anilines is 1. The van der Waals surface area contributed by atoms with E-state index in [9.17, 15) is 0 Å². The number of nitrogens with zero attached hydrogens (tertiary/aromatic N) is 3. The minimum atomic E-state index is 0.544. The fourth-order valence-corrected chi connectivity index (χ4v) is 6.17. The lowest BCUT2D eigenvalue weighted by molar-refractivity contribution is 0.165. The molecule has 3 aliphatic rings. The lowest BCUT2D eigenvalue weighted by Gasteiger charge is -2.37. The van der Waals surface area contributed by atoms with Crippen LogP contribution in [0.4, 0.5) is 5.00 Å². The molecule has 0 spiro atoms. The van der Waals surface area contributed by atoms with Crippen LogP contribution >= 0.6 is 11.3 Å². The number of hydrogen-bond donors (Lipinski definition) is 0. The van der Waals surface area contributed by atoms with Crippen molar-refractivity contribution in [1.29, 1.82) is 0 Å². The van der Waals surface area contributed by atoms with Crippen molar-refractivity contribution >= 4 is 28.6 Å². The van der Waals surface area contributed by atoms with E-state index in [2.05, 4.69) is 60.7 Å². The van der Waals surface area contributed by atoms with E-state index < -0.39 is 0 Å². The summed E-state index contributed by atoms with van der Waals surface area (Å²) in [6, 6.07) is 4.22. The summed E-state index contributed by atoms with van der Waals surface area (Å²) in [7, 11) is 0.